The zero-order chi connectivity index (χ0) is 15.4. The minimum Gasteiger partial charge on any atom is -0.465 e. The first-order valence-corrected chi connectivity index (χ1v) is 7.05. The van der Waals surface area contributed by atoms with E-state index in [2.05, 4.69) is 4.99 Å². The smallest absolute Gasteiger partial charge is 0.317 e. The lowest BCUT2D eigenvalue weighted by atomic mass is 9.87. The topological polar surface area (TPSA) is 59.0 Å². The Morgan fingerprint density at radius 1 is 1.43 bits per heavy atom. The van der Waals surface area contributed by atoms with E-state index in [0.717, 1.165) is 5.56 Å². The molecule has 1 amide bonds. The molecule has 0 N–H and O–H groups in total. The van der Waals surface area contributed by atoms with Crippen molar-refractivity contribution in [3.8, 4) is 0 Å². The molecule has 0 fully saturated rings. The van der Waals surface area contributed by atoms with Crippen molar-refractivity contribution in [2.24, 2.45) is 10.9 Å². The Bertz CT molecular complexity index is 586. The van der Waals surface area contributed by atoms with Crippen LogP contribution < -0.4 is 0 Å². The molecule has 0 aromatic heterocycles. The second-order valence-corrected chi connectivity index (χ2v) is 5.00. The summed E-state index contributed by atoms with van der Waals surface area (Å²) in [6, 6.07) is 8.77. The molecule has 2 rings (SSSR count). The minimum atomic E-state index is -0.649. The molecule has 0 radical (unpaired) electrons. The molecule has 0 spiro atoms. The molecular formula is C15H16N2O3S. The van der Waals surface area contributed by atoms with Gasteiger partial charge in [-0.15, -0.1) is 0 Å². The van der Waals surface area contributed by atoms with Crippen molar-refractivity contribution in [1.29, 1.82) is 0 Å². The molecule has 0 aliphatic carbocycles. The molecule has 0 saturated heterocycles. The summed E-state index contributed by atoms with van der Waals surface area (Å²) in [5.41, 5.74) is 1.38. The van der Waals surface area contributed by atoms with Crippen molar-refractivity contribution in [1.82, 2.24) is 4.90 Å². The Morgan fingerprint density at radius 2 is 2.10 bits per heavy atom. The summed E-state index contributed by atoms with van der Waals surface area (Å²) in [5.74, 6) is -1.05. The average molecular weight is 304 g/mol. The van der Waals surface area contributed by atoms with Gasteiger partial charge in [0.1, 0.15) is 5.92 Å². The van der Waals surface area contributed by atoms with Gasteiger partial charge in [0.15, 0.2) is 0 Å². The van der Waals surface area contributed by atoms with Crippen molar-refractivity contribution in [2.75, 3.05) is 6.61 Å². The van der Waals surface area contributed by atoms with Crippen LogP contribution in [0.1, 0.15) is 25.5 Å². The first-order valence-electron chi connectivity index (χ1n) is 6.64. The van der Waals surface area contributed by atoms with Crippen molar-refractivity contribution < 1.29 is 14.3 Å². The maximum absolute atomic E-state index is 12.3. The number of carbonyl (C=O) groups is 2. The average Bonchev–Trinajstić information content (AvgIpc) is 2.47. The van der Waals surface area contributed by atoms with Crippen molar-refractivity contribution >= 4 is 35.4 Å². The number of esters is 1. The highest BCUT2D eigenvalue weighted by molar-refractivity contribution is 7.80. The minimum absolute atomic E-state index is 0.164. The lowest BCUT2D eigenvalue weighted by Gasteiger charge is -2.36. The molecule has 110 valence electrons. The van der Waals surface area contributed by atoms with E-state index in [1.165, 1.54) is 4.90 Å². The first kappa shape index (κ1) is 15.3. The molecule has 0 saturated carbocycles. The fourth-order valence-corrected chi connectivity index (χ4v) is 2.73. The summed E-state index contributed by atoms with van der Waals surface area (Å²) in [6.07, 6.45) is 0.613. The summed E-state index contributed by atoms with van der Waals surface area (Å²) in [4.78, 5) is 29.1. The third kappa shape index (κ3) is 3.00. The van der Waals surface area contributed by atoms with Gasteiger partial charge in [0.05, 0.1) is 12.6 Å². The van der Waals surface area contributed by atoms with Gasteiger partial charge in [-0.1, -0.05) is 30.3 Å². The molecule has 1 aromatic rings. The Hall–Kier alpha value is -2.08. The van der Waals surface area contributed by atoms with E-state index >= 15 is 0 Å². The summed E-state index contributed by atoms with van der Waals surface area (Å²) in [7, 11) is 0. The lowest BCUT2D eigenvalue weighted by Crippen LogP contribution is -2.46. The second-order valence-electron chi connectivity index (χ2n) is 4.63. The van der Waals surface area contributed by atoms with Crippen LogP contribution in [0.25, 0.3) is 0 Å². The number of benzene rings is 1. The number of ether oxygens (including phenoxy) is 1. The van der Waals surface area contributed by atoms with Gasteiger partial charge in [-0.2, -0.15) is 0 Å². The highest BCUT2D eigenvalue weighted by Gasteiger charge is 2.41. The van der Waals surface area contributed by atoms with Gasteiger partial charge in [-0.05, 0) is 31.6 Å². The lowest BCUT2D eigenvalue weighted by molar-refractivity contribution is -0.147. The molecule has 1 heterocycles. The molecular weight excluding hydrogens is 288 g/mol. The van der Waals surface area contributed by atoms with Crippen LogP contribution in [0.3, 0.4) is 0 Å². The predicted octanol–water partition coefficient (Wildman–Crippen LogP) is 2.12. The number of hydrogen-bond acceptors (Lipinski definition) is 4. The number of amides is 1. The van der Waals surface area contributed by atoms with E-state index in [1.807, 2.05) is 30.3 Å². The summed E-state index contributed by atoms with van der Waals surface area (Å²) < 4.78 is 5.13. The van der Waals surface area contributed by atoms with Crippen molar-refractivity contribution in [2.45, 2.75) is 19.9 Å². The van der Waals surface area contributed by atoms with E-state index in [9.17, 15) is 9.59 Å². The Morgan fingerprint density at radius 3 is 2.67 bits per heavy atom. The zero-order valence-electron chi connectivity index (χ0n) is 11.9. The van der Waals surface area contributed by atoms with Crippen LogP contribution in [0, 0.1) is 5.92 Å². The van der Waals surface area contributed by atoms with Crippen LogP contribution in [0.4, 0.5) is 0 Å². The molecule has 1 aliphatic rings. The van der Waals surface area contributed by atoms with Crippen LogP contribution in [0.2, 0.25) is 0 Å². The second kappa shape index (κ2) is 6.58. The SMILES string of the molecule is CCOC(=O)C1C(C)=NC(=S)N(C=O)C1c1ccccc1. The van der Waals surface area contributed by atoms with E-state index in [4.69, 9.17) is 17.0 Å². The van der Waals surface area contributed by atoms with E-state index < -0.39 is 17.9 Å². The Kier molecular flexibility index (Phi) is 4.80. The van der Waals surface area contributed by atoms with Gasteiger partial charge < -0.3 is 4.74 Å². The molecule has 2 atom stereocenters. The summed E-state index contributed by atoms with van der Waals surface area (Å²) >= 11 is 5.14. The van der Waals surface area contributed by atoms with Crippen molar-refractivity contribution in [3.05, 3.63) is 35.9 Å². The monoisotopic (exact) mass is 304 g/mol. The first-order chi connectivity index (χ1) is 10.1. The van der Waals surface area contributed by atoms with Crippen LogP contribution in [0.15, 0.2) is 35.3 Å². The van der Waals surface area contributed by atoms with Gasteiger partial charge in [-0.25, -0.2) is 4.99 Å². The van der Waals surface area contributed by atoms with E-state index in [1.54, 1.807) is 13.8 Å². The highest BCUT2D eigenvalue weighted by Crippen LogP contribution is 2.33. The third-order valence-electron chi connectivity index (χ3n) is 3.35. The molecule has 1 aliphatic heterocycles. The number of rotatable bonds is 4. The van der Waals surface area contributed by atoms with Gasteiger partial charge in [0.2, 0.25) is 11.5 Å². The van der Waals surface area contributed by atoms with Gasteiger partial charge >= 0.3 is 5.97 Å². The number of nitrogens with zero attached hydrogens (tertiary/aromatic N) is 2. The molecule has 2 unspecified atom stereocenters. The molecule has 1 aromatic carbocycles. The number of carbonyl (C=O) groups excluding carboxylic acids is 2. The quantitative estimate of drug-likeness (QED) is 0.486. The Labute approximate surface area is 128 Å². The standard InChI is InChI=1S/C15H16N2O3S/c1-3-20-14(19)12-10(2)16-15(21)17(9-18)13(12)11-7-5-4-6-8-11/h4-9,12-13H,3H2,1-2H3. The van der Waals surface area contributed by atoms with Crippen molar-refractivity contribution in [3.63, 3.8) is 0 Å². The fourth-order valence-electron chi connectivity index (χ4n) is 2.43. The summed E-state index contributed by atoms with van der Waals surface area (Å²) in [6.45, 7) is 3.74. The largest absolute Gasteiger partial charge is 0.465 e. The van der Waals surface area contributed by atoms with E-state index in [-0.39, 0.29) is 11.7 Å². The molecule has 21 heavy (non-hydrogen) atoms. The zero-order valence-corrected chi connectivity index (χ0v) is 12.7. The van der Waals surface area contributed by atoms with Crippen LogP contribution in [-0.2, 0) is 14.3 Å². The highest BCUT2D eigenvalue weighted by atomic mass is 32.1. The Balaban J connectivity index is 2.51. The van der Waals surface area contributed by atoms with Gasteiger partial charge in [0, 0.05) is 5.71 Å². The number of thiocarbonyl (C=S) groups is 1. The van der Waals surface area contributed by atoms with Crippen LogP contribution >= 0.6 is 12.2 Å². The number of hydrogen-bond donors (Lipinski definition) is 0. The predicted molar refractivity (Wildman–Crippen MR) is 82.9 cm³/mol. The van der Waals surface area contributed by atoms with Crippen LogP contribution in [-0.4, -0.2) is 34.7 Å². The normalized spacial score (nSPS) is 21.7. The maximum atomic E-state index is 12.3. The molecule has 6 heteroatoms. The number of aliphatic imine (C=N–C) groups is 1. The fraction of sp³-hybridized carbons (Fsp3) is 0.333. The van der Waals surface area contributed by atoms with Gasteiger partial charge in [0.25, 0.3) is 0 Å². The van der Waals surface area contributed by atoms with Crippen LogP contribution in [0.5, 0.6) is 0 Å². The van der Waals surface area contributed by atoms with Gasteiger partial charge in [-0.3, -0.25) is 14.5 Å². The molecule has 5 nitrogen and oxygen atoms in total. The summed E-state index contributed by atoms with van der Waals surface area (Å²) in [5, 5.41) is 0.164. The van der Waals surface area contributed by atoms with E-state index in [0.29, 0.717) is 12.1 Å². The third-order valence-corrected chi connectivity index (χ3v) is 3.66. The molecule has 0 bridgehead atoms. The maximum Gasteiger partial charge on any atom is 0.317 e.